The zero-order valence-electron chi connectivity index (χ0n) is 12.8. The lowest BCUT2D eigenvalue weighted by Gasteiger charge is -2.29. The zero-order chi connectivity index (χ0) is 16.0. The van der Waals surface area contributed by atoms with Gasteiger partial charge in [0.25, 0.3) is 0 Å². The molecular formula is C19H21FNSi. The van der Waals surface area contributed by atoms with Crippen LogP contribution in [0.4, 0.5) is 10.1 Å². The van der Waals surface area contributed by atoms with E-state index in [2.05, 4.69) is 19.7 Å². The third-order valence-corrected chi connectivity index (χ3v) is 7.62. The van der Waals surface area contributed by atoms with Gasteiger partial charge in [0, 0.05) is 5.39 Å². The number of rotatable bonds is 8. The molecule has 0 aromatic heterocycles. The van der Waals surface area contributed by atoms with Crippen LogP contribution in [-0.2, 0) is 0 Å². The average molecular weight is 310 g/mol. The van der Waals surface area contributed by atoms with Gasteiger partial charge < -0.3 is 4.98 Å². The number of halogens is 1. The molecule has 0 aliphatic heterocycles. The Bertz CT molecular complexity index is 666. The van der Waals surface area contributed by atoms with Gasteiger partial charge in [-0.1, -0.05) is 48.6 Å². The summed E-state index contributed by atoms with van der Waals surface area (Å²) in [6.07, 6.45) is 5.64. The van der Waals surface area contributed by atoms with Crippen LogP contribution in [0, 0.1) is 5.82 Å². The Morgan fingerprint density at radius 3 is 2.09 bits per heavy atom. The van der Waals surface area contributed by atoms with E-state index in [1.165, 1.54) is 6.07 Å². The minimum atomic E-state index is -2.15. The molecule has 0 bridgehead atoms. The summed E-state index contributed by atoms with van der Waals surface area (Å²) in [7, 11) is -2.15. The van der Waals surface area contributed by atoms with Crippen molar-refractivity contribution in [1.82, 2.24) is 4.98 Å². The van der Waals surface area contributed by atoms with Crippen molar-refractivity contribution in [3.8, 4) is 0 Å². The minimum absolute atomic E-state index is 0.271. The van der Waals surface area contributed by atoms with Gasteiger partial charge >= 0.3 is 0 Å². The summed E-state index contributed by atoms with van der Waals surface area (Å²) >= 11 is 0. The number of nitrogens with zero attached hydrogens (tertiary/aromatic N) is 1. The number of hydrogen-bond donors (Lipinski definition) is 0. The molecule has 2 aromatic rings. The van der Waals surface area contributed by atoms with E-state index in [0.29, 0.717) is 5.69 Å². The third-order valence-electron chi connectivity index (χ3n) is 3.77. The molecule has 0 fully saturated rings. The Kier molecular flexibility index (Phi) is 5.34. The van der Waals surface area contributed by atoms with Crippen molar-refractivity contribution in [2.75, 3.05) is 0 Å². The monoisotopic (exact) mass is 310 g/mol. The van der Waals surface area contributed by atoms with Gasteiger partial charge in [0.05, 0.1) is 5.69 Å². The van der Waals surface area contributed by atoms with Crippen LogP contribution in [0.5, 0.6) is 0 Å². The topological polar surface area (TPSA) is 14.1 Å². The van der Waals surface area contributed by atoms with Gasteiger partial charge in [-0.3, -0.25) is 0 Å². The highest BCUT2D eigenvalue weighted by Crippen LogP contribution is 2.32. The van der Waals surface area contributed by atoms with Crippen LogP contribution < -0.4 is 4.98 Å². The van der Waals surface area contributed by atoms with Gasteiger partial charge in [-0.05, 0) is 29.6 Å². The van der Waals surface area contributed by atoms with Crippen molar-refractivity contribution >= 4 is 24.7 Å². The van der Waals surface area contributed by atoms with Crippen molar-refractivity contribution < 1.29 is 4.39 Å². The van der Waals surface area contributed by atoms with Gasteiger partial charge in [0.1, 0.15) is 5.82 Å². The zero-order valence-corrected chi connectivity index (χ0v) is 13.8. The summed E-state index contributed by atoms with van der Waals surface area (Å²) in [5.74, 6) is -0.271. The number of fused-ring (bicyclic) bond motifs is 1. The highest BCUT2D eigenvalue weighted by Gasteiger charge is 2.33. The molecule has 1 radical (unpaired) electrons. The van der Waals surface area contributed by atoms with Crippen LogP contribution in [0.25, 0.3) is 10.8 Å². The minimum Gasteiger partial charge on any atom is -0.317 e. The predicted molar refractivity (Wildman–Crippen MR) is 96.5 cm³/mol. The first kappa shape index (κ1) is 16.2. The summed E-state index contributed by atoms with van der Waals surface area (Å²) in [5.41, 5.74) is 0.468. The SMILES string of the molecule is C=CC[Si](CC=C)(CC=C)[N]c1c(F)ccc2ccccc12. The molecule has 2 aromatic carbocycles. The lowest BCUT2D eigenvalue weighted by atomic mass is 10.1. The normalized spacial score (nSPS) is 11.1. The molecule has 0 aliphatic rings. The van der Waals surface area contributed by atoms with Crippen LogP contribution in [0.1, 0.15) is 0 Å². The summed E-state index contributed by atoms with van der Waals surface area (Å²) in [6, 6.07) is 13.4. The van der Waals surface area contributed by atoms with E-state index in [0.717, 1.165) is 28.9 Å². The largest absolute Gasteiger partial charge is 0.317 e. The summed E-state index contributed by atoms with van der Waals surface area (Å²) in [4.78, 5) is 4.94. The highest BCUT2D eigenvalue weighted by molar-refractivity contribution is 6.79. The molecule has 0 heterocycles. The smallest absolute Gasteiger partial charge is 0.193 e. The van der Waals surface area contributed by atoms with Crippen molar-refractivity contribution in [2.45, 2.75) is 18.1 Å². The van der Waals surface area contributed by atoms with E-state index < -0.39 is 8.24 Å². The van der Waals surface area contributed by atoms with Gasteiger partial charge in [0.2, 0.25) is 0 Å². The Balaban J connectivity index is 2.53. The first-order chi connectivity index (χ1) is 10.7. The molecule has 0 saturated heterocycles. The molecule has 0 aliphatic carbocycles. The molecule has 0 amide bonds. The van der Waals surface area contributed by atoms with Crippen molar-refractivity contribution in [3.63, 3.8) is 0 Å². The van der Waals surface area contributed by atoms with E-state index in [1.807, 2.05) is 42.5 Å². The first-order valence-electron chi connectivity index (χ1n) is 7.38. The summed E-state index contributed by atoms with van der Waals surface area (Å²) in [6.45, 7) is 11.5. The Morgan fingerprint density at radius 2 is 1.50 bits per heavy atom. The Hall–Kier alpha value is -2.13. The van der Waals surface area contributed by atoms with Crippen LogP contribution in [0.15, 0.2) is 74.4 Å². The van der Waals surface area contributed by atoms with Crippen LogP contribution in [0.3, 0.4) is 0 Å². The second-order valence-electron chi connectivity index (χ2n) is 5.43. The van der Waals surface area contributed by atoms with E-state index >= 15 is 0 Å². The lowest BCUT2D eigenvalue weighted by Crippen LogP contribution is -2.41. The maximum atomic E-state index is 14.4. The van der Waals surface area contributed by atoms with Crippen molar-refractivity contribution in [3.05, 3.63) is 80.2 Å². The molecule has 1 nitrogen and oxygen atoms in total. The maximum Gasteiger partial charge on any atom is 0.193 e. The summed E-state index contributed by atoms with van der Waals surface area (Å²) in [5, 5.41) is 1.86. The van der Waals surface area contributed by atoms with Gasteiger partial charge in [-0.2, -0.15) is 0 Å². The van der Waals surface area contributed by atoms with Gasteiger partial charge in [-0.15, -0.1) is 19.7 Å². The summed E-state index contributed by atoms with van der Waals surface area (Å²) < 4.78 is 14.4. The first-order valence-corrected chi connectivity index (χ1v) is 9.95. The van der Waals surface area contributed by atoms with Crippen molar-refractivity contribution in [1.29, 1.82) is 0 Å². The predicted octanol–water partition coefficient (Wildman–Crippen LogP) is 5.72. The van der Waals surface area contributed by atoms with E-state index in [9.17, 15) is 4.39 Å². The Labute approximate surface area is 133 Å². The molecule has 0 unspecified atom stereocenters. The molecule has 113 valence electrons. The second kappa shape index (κ2) is 7.23. The fourth-order valence-corrected chi connectivity index (χ4v) is 5.86. The standard InChI is InChI=1S/C19H21FNSi/c1-4-13-22(14-5-2,15-6-3)21-19-17-10-8-7-9-16(17)11-12-18(19)20/h4-12H,1-3,13-15H2. The molecule has 2 rings (SSSR count). The van der Waals surface area contributed by atoms with Crippen LogP contribution >= 0.6 is 0 Å². The van der Waals surface area contributed by atoms with E-state index in [-0.39, 0.29) is 5.82 Å². The average Bonchev–Trinajstić information content (AvgIpc) is 2.51. The Morgan fingerprint density at radius 1 is 0.909 bits per heavy atom. The molecule has 0 saturated carbocycles. The molecule has 0 spiro atoms. The lowest BCUT2D eigenvalue weighted by molar-refractivity contribution is 0.627. The number of benzene rings is 2. The molecular weight excluding hydrogens is 289 g/mol. The van der Waals surface area contributed by atoms with E-state index in [1.54, 1.807) is 6.07 Å². The molecule has 22 heavy (non-hydrogen) atoms. The quantitative estimate of drug-likeness (QED) is 0.437. The van der Waals surface area contributed by atoms with Crippen LogP contribution in [-0.4, -0.2) is 8.24 Å². The molecule has 3 heteroatoms. The highest BCUT2D eigenvalue weighted by atomic mass is 28.3. The number of hydrogen-bond acceptors (Lipinski definition) is 0. The fraction of sp³-hybridized carbons (Fsp3) is 0.158. The van der Waals surface area contributed by atoms with Gasteiger partial charge in [0.15, 0.2) is 8.24 Å². The van der Waals surface area contributed by atoms with E-state index in [4.69, 9.17) is 4.98 Å². The molecule has 0 atom stereocenters. The van der Waals surface area contributed by atoms with Crippen LogP contribution in [0.2, 0.25) is 18.1 Å². The van der Waals surface area contributed by atoms with Gasteiger partial charge in [-0.25, -0.2) is 4.39 Å². The fourth-order valence-electron chi connectivity index (χ4n) is 2.77. The van der Waals surface area contributed by atoms with Crippen molar-refractivity contribution in [2.24, 2.45) is 0 Å². The maximum absolute atomic E-state index is 14.4. The molecule has 0 N–H and O–H groups in total. The third kappa shape index (κ3) is 3.36. The second-order valence-corrected chi connectivity index (χ2v) is 9.33. The number of allylic oxidation sites excluding steroid dienone is 3.